The number of halogens is 1. The zero-order valence-corrected chi connectivity index (χ0v) is 9.87. The van der Waals surface area contributed by atoms with Gasteiger partial charge in [0, 0.05) is 19.3 Å². The summed E-state index contributed by atoms with van der Waals surface area (Å²) in [6, 6.07) is 1.54. The van der Waals surface area contributed by atoms with Gasteiger partial charge in [-0.1, -0.05) is 18.5 Å². The molecule has 4 nitrogen and oxygen atoms in total. The average molecular weight is 240 g/mol. The van der Waals surface area contributed by atoms with E-state index in [4.69, 9.17) is 17.3 Å². The number of amides is 1. The van der Waals surface area contributed by atoms with Crippen molar-refractivity contribution in [2.24, 2.45) is 5.92 Å². The van der Waals surface area contributed by atoms with Crippen LogP contribution in [0.3, 0.4) is 0 Å². The molecule has 2 N–H and O–H groups in total. The third-order valence-corrected chi connectivity index (χ3v) is 3.12. The molecule has 0 spiro atoms. The number of hydrogen-bond acceptors (Lipinski definition) is 3. The Morgan fingerprint density at radius 2 is 2.44 bits per heavy atom. The molecule has 1 atom stereocenters. The molecular weight excluding hydrogens is 226 g/mol. The molecule has 0 radical (unpaired) electrons. The van der Waals surface area contributed by atoms with Gasteiger partial charge < -0.3 is 10.6 Å². The van der Waals surface area contributed by atoms with Crippen LogP contribution in [-0.4, -0.2) is 28.9 Å². The molecule has 2 rings (SSSR count). The van der Waals surface area contributed by atoms with Crippen LogP contribution < -0.4 is 5.73 Å². The van der Waals surface area contributed by atoms with E-state index in [1.54, 1.807) is 0 Å². The number of likely N-dealkylation sites (tertiary alicyclic amines) is 1. The number of hydrogen-bond donors (Lipinski definition) is 1. The summed E-state index contributed by atoms with van der Waals surface area (Å²) in [5.74, 6) is 0.824. The average Bonchev–Trinajstić information content (AvgIpc) is 2.67. The van der Waals surface area contributed by atoms with E-state index in [1.807, 2.05) is 4.90 Å². The Morgan fingerprint density at radius 3 is 3.06 bits per heavy atom. The molecule has 86 valence electrons. The number of nitrogen functional groups attached to an aromatic ring is 1. The summed E-state index contributed by atoms with van der Waals surface area (Å²) in [6.07, 6.45) is 2.47. The van der Waals surface area contributed by atoms with Gasteiger partial charge in [0.1, 0.15) is 5.82 Å². The van der Waals surface area contributed by atoms with E-state index in [0.717, 1.165) is 19.5 Å². The van der Waals surface area contributed by atoms with Gasteiger partial charge in [0.25, 0.3) is 5.91 Å². The van der Waals surface area contributed by atoms with E-state index >= 15 is 0 Å². The smallest absolute Gasteiger partial charge is 0.255 e. The third kappa shape index (κ3) is 2.11. The minimum atomic E-state index is -0.0524. The monoisotopic (exact) mass is 239 g/mol. The zero-order valence-electron chi connectivity index (χ0n) is 9.11. The van der Waals surface area contributed by atoms with E-state index < -0.39 is 0 Å². The van der Waals surface area contributed by atoms with E-state index in [0.29, 0.717) is 22.3 Å². The zero-order chi connectivity index (χ0) is 11.7. The fourth-order valence-electron chi connectivity index (χ4n) is 1.91. The summed E-state index contributed by atoms with van der Waals surface area (Å²) >= 11 is 5.94. The van der Waals surface area contributed by atoms with Gasteiger partial charge in [0.05, 0.1) is 10.6 Å². The van der Waals surface area contributed by atoms with Crippen molar-refractivity contribution >= 4 is 23.3 Å². The largest absolute Gasteiger partial charge is 0.384 e. The minimum Gasteiger partial charge on any atom is -0.384 e. The highest BCUT2D eigenvalue weighted by atomic mass is 35.5. The number of carbonyl (C=O) groups excluding carboxylic acids is 1. The van der Waals surface area contributed by atoms with Crippen molar-refractivity contribution in [3.05, 3.63) is 22.8 Å². The van der Waals surface area contributed by atoms with Crippen LogP contribution in [0.5, 0.6) is 0 Å². The van der Waals surface area contributed by atoms with Gasteiger partial charge in [-0.3, -0.25) is 4.79 Å². The van der Waals surface area contributed by atoms with Crippen LogP contribution >= 0.6 is 11.6 Å². The van der Waals surface area contributed by atoms with Crippen LogP contribution in [0.15, 0.2) is 12.3 Å². The van der Waals surface area contributed by atoms with Gasteiger partial charge >= 0.3 is 0 Å². The van der Waals surface area contributed by atoms with Crippen LogP contribution in [0.4, 0.5) is 5.82 Å². The highest BCUT2D eigenvalue weighted by Crippen LogP contribution is 2.22. The predicted octanol–water partition coefficient (Wildman–Crippen LogP) is 1.80. The number of anilines is 1. The molecular formula is C11H14ClN3O. The maximum atomic E-state index is 12.1. The Kier molecular flexibility index (Phi) is 3.01. The first-order chi connectivity index (χ1) is 7.58. The molecule has 0 aromatic carbocycles. The van der Waals surface area contributed by atoms with Gasteiger partial charge in [0.2, 0.25) is 0 Å². The lowest BCUT2D eigenvalue weighted by Gasteiger charge is -2.16. The van der Waals surface area contributed by atoms with E-state index in [9.17, 15) is 4.79 Å². The summed E-state index contributed by atoms with van der Waals surface area (Å²) < 4.78 is 0. The SMILES string of the molecule is CC1CCN(C(=O)c2cc(N)ncc2Cl)C1. The molecule has 1 aromatic heterocycles. The second-order valence-corrected chi connectivity index (χ2v) is 4.64. The molecule has 1 amide bonds. The molecule has 1 unspecified atom stereocenters. The molecule has 1 aliphatic rings. The van der Waals surface area contributed by atoms with E-state index in [-0.39, 0.29) is 5.91 Å². The highest BCUT2D eigenvalue weighted by molar-refractivity contribution is 6.33. The van der Waals surface area contributed by atoms with E-state index in [1.165, 1.54) is 12.3 Å². The van der Waals surface area contributed by atoms with Gasteiger partial charge in [-0.2, -0.15) is 0 Å². The van der Waals surface area contributed by atoms with Crippen molar-refractivity contribution < 1.29 is 4.79 Å². The maximum absolute atomic E-state index is 12.1. The Morgan fingerprint density at radius 1 is 1.69 bits per heavy atom. The molecule has 1 fully saturated rings. The fraction of sp³-hybridized carbons (Fsp3) is 0.455. The van der Waals surface area contributed by atoms with Gasteiger partial charge in [-0.25, -0.2) is 4.98 Å². The van der Waals surface area contributed by atoms with Crippen LogP contribution in [0.2, 0.25) is 5.02 Å². The summed E-state index contributed by atoms with van der Waals surface area (Å²) in [5.41, 5.74) is 6.00. The molecule has 16 heavy (non-hydrogen) atoms. The van der Waals surface area contributed by atoms with Crippen LogP contribution in [0.1, 0.15) is 23.7 Å². The molecule has 0 aliphatic carbocycles. The van der Waals surface area contributed by atoms with Crippen LogP contribution in [0.25, 0.3) is 0 Å². The summed E-state index contributed by atoms with van der Waals surface area (Å²) in [4.78, 5) is 17.8. The Hall–Kier alpha value is -1.29. The lowest BCUT2D eigenvalue weighted by molar-refractivity contribution is 0.0788. The number of carbonyl (C=O) groups is 1. The van der Waals surface area contributed by atoms with Gasteiger partial charge in [0.15, 0.2) is 0 Å². The predicted molar refractivity (Wildman–Crippen MR) is 63.3 cm³/mol. The second-order valence-electron chi connectivity index (χ2n) is 4.23. The Bertz CT molecular complexity index is 422. The summed E-state index contributed by atoms with van der Waals surface area (Å²) in [6.45, 7) is 3.71. The minimum absolute atomic E-state index is 0.0524. The fourth-order valence-corrected chi connectivity index (χ4v) is 2.09. The lowest BCUT2D eigenvalue weighted by atomic mass is 10.2. The first-order valence-electron chi connectivity index (χ1n) is 5.28. The maximum Gasteiger partial charge on any atom is 0.255 e. The first kappa shape index (κ1) is 11.2. The van der Waals surface area contributed by atoms with Crippen LogP contribution in [-0.2, 0) is 0 Å². The second kappa shape index (κ2) is 4.29. The van der Waals surface area contributed by atoms with Gasteiger partial charge in [-0.15, -0.1) is 0 Å². The van der Waals surface area contributed by atoms with E-state index in [2.05, 4.69) is 11.9 Å². The Labute approximate surface area is 99.4 Å². The number of rotatable bonds is 1. The van der Waals surface area contributed by atoms with Crippen molar-refractivity contribution in [2.75, 3.05) is 18.8 Å². The van der Waals surface area contributed by atoms with Crippen molar-refractivity contribution in [1.82, 2.24) is 9.88 Å². The summed E-state index contributed by atoms with van der Waals surface area (Å²) in [5, 5.41) is 0.360. The Balaban J connectivity index is 2.23. The number of nitrogens with two attached hydrogens (primary N) is 1. The molecule has 5 heteroatoms. The molecule has 0 bridgehead atoms. The first-order valence-corrected chi connectivity index (χ1v) is 5.66. The molecule has 1 saturated heterocycles. The van der Waals surface area contributed by atoms with Crippen molar-refractivity contribution in [3.63, 3.8) is 0 Å². The van der Waals surface area contributed by atoms with Crippen molar-refractivity contribution in [1.29, 1.82) is 0 Å². The number of aromatic nitrogens is 1. The highest BCUT2D eigenvalue weighted by Gasteiger charge is 2.25. The normalized spacial score (nSPS) is 20.1. The lowest BCUT2D eigenvalue weighted by Crippen LogP contribution is -2.28. The van der Waals surface area contributed by atoms with Crippen molar-refractivity contribution in [2.45, 2.75) is 13.3 Å². The molecule has 2 heterocycles. The number of nitrogens with zero attached hydrogens (tertiary/aromatic N) is 2. The number of pyridine rings is 1. The van der Waals surface area contributed by atoms with Gasteiger partial charge in [-0.05, 0) is 18.4 Å². The quantitative estimate of drug-likeness (QED) is 0.813. The van der Waals surface area contributed by atoms with Crippen LogP contribution in [0, 0.1) is 5.92 Å². The van der Waals surface area contributed by atoms with Crippen molar-refractivity contribution in [3.8, 4) is 0 Å². The standard InChI is InChI=1S/C11H14ClN3O/c1-7-2-3-15(6-7)11(16)8-4-10(13)14-5-9(8)12/h4-5,7H,2-3,6H2,1H3,(H2,13,14). The molecule has 1 aromatic rings. The molecule has 1 aliphatic heterocycles. The third-order valence-electron chi connectivity index (χ3n) is 2.82. The topological polar surface area (TPSA) is 59.2 Å². The summed E-state index contributed by atoms with van der Waals surface area (Å²) in [7, 11) is 0. The molecule has 0 saturated carbocycles.